The highest BCUT2D eigenvalue weighted by Gasteiger charge is 2.07. The minimum Gasteiger partial charge on any atom is -0.355 e. The lowest BCUT2D eigenvalue weighted by molar-refractivity contribution is 0.613. The van der Waals surface area contributed by atoms with Gasteiger partial charge in [-0.3, -0.25) is 0 Å². The van der Waals surface area contributed by atoms with Crippen molar-refractivity contribution < 1.29 is 0 Å². The van der Waals surface area contributed by atoms with Gasteiger partial charge in [-0.05, 0) is 12.8 Å². The summed E-state index contributed by atoms with van der Waals surface area (Å²) in [5.74, 6) is 1.42. The van der Waals surface area contributed by atoms with Gasteiger partial charge in [-0.2, -0.15) is 5.26 Å². The van der Waals surface area contributed by atoms with E-state index in [4.69, 9.17) is 5.26 Å². The van der Waals surface area contributed by atoms with E-state index in [1.807, 2.05) is 6.07 Å². The van der Waals surface area contributed by atoms with E-state index in [1.165, 1.54) is 6.20 Å². The van der Waals surface area contributed by atoms with E-state index in [-0.39, 0.29) is 0 Å². The first-order valence-corrected chi connectivity index (χ1v) is 5.14. The second-order valence-corrected chi connectivity index (χ2v) is 3.80. The molecule has 0 amide bonds. The van der Waals surface area contributed by atoms with Crippen molar-refractivity contribution in [3.63, 3.8) is 0 Å². The number of nitrogens with zero attached hydrogens (tertiary/aromatic N) is 4. The molecule has 15 heavy (non-hydrogen) atoms. The zero-order chi connectivity index (χ0) is 11.3. The Kier molecular flexibility index (Phi) is 4.04. The van der Waals surface area contributed by atoms with Crippen molar-refractivity contribution >= 4 is 5.82 Å². The zero-order valence-electron chi connectivity index (χ0n) is 9.44. The number of anilines is 1. The van der Waals surface area contributed by atoms with Crippen LogP contribution in [0.4, 0.5) is 5.82 Å². The predicted molar refractivity (Wildman–Crippen MR) is 59.5 cm³/mol. The molecular formula is C11H16N4. The Hall–Kier alpha value is -1.63. The Balaban J connectivity index is 2.79. The minimum absolute atomic E-state index is 0.361. The van der Waals surface area contributed by atoms with Crippen LogP contribution in [0.5, 0.6) is 0 Å². The molecule has 80 valence electrons. The lowest BCUT2D eigenvalue weighted by Gasteiger charge is -2.23. The summed E-state index contributed by atoms with van der Waals surface area (Å²) in [6.07, 6.45) is 3.17. The summed E-state index contributed by atoms with van der Waals surface area (Å²) < 4.78 is 0. The molecule has 1 rings (SSSR count). The van der Waals surface area contributed by atoms with Crippen LogP contribution < -0.4 is 4.90 Å². The third-order valence-electron chi connectivity index (χ3n) is 2.04. The first-order valence-electron chi connectivity index (χ1n) is 5.14. The van der Waals surface area contributed by atoms with Crippen molar-refractivity contribution in [1.82, 2.24) is 9.97 Å². The quantitative estimate of drug-likeness (QED) is 0.750. The van der Waals surface area contributed by atoms with Crippen LogP contribution in [-0.4, -0.2) is 23.1 Å². The first-order chi connectivity index (χ1) is 7.17. The van der Waals surface area contributed by atoms with Crippen molar-refractivity contribution in [2.45, 2.75) is 20.8 Å². The Labute approximate surface area is 90.6 Å². The van der Waals surface area contributed by atoms with Gasteiger partial charge >= 0.3 is 0 Å². The molecule has 1 aromatic heterocycles. The molecule has 0 bridgehead atoms. The van der Waals surface area contributed by atoms with Gasteiger partial charge < -0.3 is 4.90 Å². The smallest absolute Gasteiger partial charge is 0.158 e. The molecule has 4 heteroatoms. The third kappa shape index (κ3) is 3.21. The molecule has 0 fully saturated rings. The van der Waals surface area contributed by atoms with Crippen LogP contribution in [0.2, 0.25) is 0 Å². The molecule has 0 atom stereocenters. The third-order valence-corrected chi connectivity index (χ3v) is 2.04. The second-order valence-electron chi connectivity index (χ2n) is 3.80. The Bertz CT molecular complexity index is 337. The van der Waals surface area contributed by atoms with Crippen LogP contribution >= 0.6 is 0 Å². The molecule has 4 nitrogen and oxygen atoms in total. The highest BCUT2D eigenvalue weighted by Crippen LogP contribution is 2.10. The van der Waals surface area contributed by atoms with E-state index < -0.39 is 0 Å². The number of nitriles is 1. The van der Waals surface area contributed by atoms with Gasteiger partial charge in [0.15, 0.2) is 5.69 Å². The summed E-state index contributed by atoms with van der Waals surface area (Å²) in [5.41, 5.74) is 0.361. The Morgan fingerprint density at radius 3 is 2.53 bits per heavy atom. The van der Waals surface area contributed by atoms with Crippen LogP contribution in [-0.2, 0) is 0 Å². The van der Waals surface area contributed by atoms with Crippen LogP contribution in [0.25, 0.3) is 0 Å². The average Bonchev–Trinajstić information content (AvgIpc) is 2.26. The monoisotopic (exact) mass is 204 g/mol. The van der Waals surface area contributed by atoms with Crippen molar-refractivity contribution in [3.05, 3.63) is 18.1 Å². The summed E-state index contributed by atoms with van der Waals surface area (Å²) >= 11 is 0. The fraction of sp³-hybridized carbons (Fsp3) is 0.545. The maximum Gasteiger partial charge on any atom is 0.158 e. The first kappa shape index (κ1) is 11.4. The lowest BCUT2D eigenvalue weighted by Crippen LogP contribution is -2.28. The fourth-order valence-corrected chi connectivity index (χ4v) is 1.37. The van der Waals surface area contributed by atoms with Gasteiger partial charge in [0, 0.05) is 13.1 Å². The zero-order valence-corrected chi connectivity index (χ0v) is 9.44. The van der Waals surface area contributed by atoms with E-state index in [2.05, 4.69) is 35.6 Å². The minimum atomic E-state index is 0.361. The molecule has 1 aromatic rings. The van der Waals surface area contributed by atoms with Crippen LogP contribution in [0.1, 0.15) is 26.5 Å². The van der Waals surface area contributed by atoms with Crippen LogP contribution in [0.15, 0.2) is 12.4 Å². The van der Waals surface area contributed by atoms with E-state index in [9.17, 15) is 0 Å². The fourth-order valence-electron chi connectivity index (χ4n) is 1.37. The number of hydrogen-bond donors (Lipinski definition) is 0. The molecule has 0 aliphatic heterocycles. The highest BCUT2D eigenvalue weighted by molar-refractivity contribution is 5.36. The summed E-state index contributed by atoms with van der Waals surface area (Å²) in [6, 6.07) is 1.96. The van der Waals surface area contributed by atoms with Crippen LogP contribution in [0, 0.1) is 17.2 Å². The topological polar surface area (TPSA) is 52.8 Å². The maximum atomic E-state index is 8.60. The molecule has 0 aromatic carbocycles. The highest BCUT2D eigenvalue weighted by atomic mass is 15.2. The average molecular weight is 204 g/mol. The molecular weight excluding hydrogens is 188 g/mol. The summed E-state index contributed by atoms with van der Waals surface area (Å²) in [5, 5.41) is 8.60. The molecule has 0 aliphatic carbocycles. The summed E-state index contributed by atoms with van der Waals surface area (Å²) in [7, 11) is 0. The van der Waals surface area contributed by atoms with E-state index >= 15 is 0 Å². The SMILES string of the molecule is CCN(CC(C)C)c1cnc(C#N)cn1. The van der Waals surface area contributed by atoms with Crippen molar-refractivity contribution in [2.24, 2.45) is 5.92 Å². The van der Waals surface area contributed by atoms with Gasteiger partial charge in [0.1, 0.15) is 11.9 Å². The van der Waals surface area contributed by atoms with Crippen LogP contribution in [0.3, 0.4) is 0 Å². The molecule has 0 spiro atoms. The largest absolute Gasteiger partial charge is 0.355 e. The van der Waals surface area contributed by atoms with Gasteiger partial charge in [-0.15, -0.1) is 0 Å². The normalized spacial score (nSPS) is 10.1. The van der Waals surface area contributed by atoms with Crippen molar-refractivity contribution in [1.29, 1.82) is 5.26 Å². The Morgan fingerprint density at radius 2 is 2.13 bits per heavy atom. The number of aromatic nitrogens is 2. The second kappa shape index (κ2) is 5.30. The molecule has 0 N–H and O–H groups in total. The number of rotatable bonds is 4. The lowest BCUT2D eigenvalue weighted by atomic mass is 10.2. The Morgan fingerprint density at radius 1 is 1.40 bits per heavy atom. The van der Waals surface area contributed by atoms with Crippen molar-refractivity contribution in [2.75, 3.05) is 18.0 Å². The van der Waals surface area contributed by atoms with E-state index in [0.717, 1.165) is 18.9 Å². The molecule has 0 radical (unpaired) electrons. The number of hydrogen-bond acceptors (Lipinski definition) is 4. The standard InChI is InChI=1S/C11H16N4/c1-4-15(8-9(2)3)11-7-13-10(5-12)6-14-11/h6-7,9H,4,8H2,1-3H3. The van der Waals surface area contributed by atoms with Gasteiger partial charge in [0.2, 0.25) is 0 Å². The predicted octanol–water partition coefficient (Wildman–Crippen LogP) is 1.83. The molecule has 0 aliphatic rings. The molecule has 1 heterocycles. The van der Waals surface area contributed by atoms with E-state index in [0.29, 0.717) is 11.6 Å². The molecule has 0 saturated heterocycles. The van der Waals surface area contributed by atoms with Gasteiger partial charge in [0.25, 0.3) is 0 Å². The maximum absolute atomic E-state index is 8.60. The molecule has 0 saturated carbocycles. The summed E-state index contributed by atoms with van der Waals surface area (Å²) in [4.78, 5) is 10.4. The summed E-state index contributed by atoms with van der Waals surface area (Å²) in [6.45, 7) is 8.28. The van der Waals surface area contributed by atoms with Gasteiger partial charge in [-0.25, -0.2) is 9.97 Å². The molecule has 0 unspecified atom stereocenters. The van der Waals surface area contributed by atoms with E-state index in [1.54, 1.807) is 6.20 Å². The van der Waals surface area contributed by atoms with Crippen molar-refractivity contribution in [3.8, 4) is 6.07 Å². The van der Waals surface area contributed by atoms with Gasteiger partial charge in [-0.1, -0.05) is 13.8 Å². The van der Waals surface area contributed by atoms with Gasteiger partial charge in [0.05, 0.1) is 12.4 Å².